The summed E-state index contributed by atoms with van der Waals surface area (Å²) >= 11 is 4.99. The minimum Gasteiger partial charge on any atom is -0.285 e. The van der Waals surface area contributed by atoms with Crippen LogP contribution in [0.4, 0.5) is 0 Å². The molecular formula is C3H5BrN2S. The van der Waals surface area contributed by atoms with Gasteiger partial charge in [0.1, 0.15) is 4.28 Å². The Morgan fingerprint density at radius 2 is 2.71 bits per heavy atom. The fraction of sp³-hybridized carbons (Fsp3) is 0.667. The van der Waals surface area contributed by atoms with Crippen LogP contribution < -0.4 is 5.43 Å². The maximum Gasteiger partial charge on any atom is 0.150 e. The van der Waals surface area contributed by atoms with Crippen LogP contribution in [0.2, 0.25) is 0 Å². The monoisotopic (exact) mass is 180 g/mol. The third-order valence-corrected chi connectivity index (χ3v) is 2.11. The smallest absolute Gasteiger partial charge is 0.150 e. The second-order valence-corrected chi connectivity index (χ2v) is 4.01. The number of hydrogen-bond acceptors (Lipinski definition) is 3. The highest BCUT2D eigenvalue weighted by atomic mass is 79.9. The summed E-state index contributed by atoms with van der Waals surface area (Å²) in [6.45, 7) is 1.97. The molecule has 1 atom stereocenters. The molecule has 0 saturated carbocycles. The molecule has 1 rings (SSSR count). The van der Waals surface area contributed by atoms with E-state index in [0.717, 1.165) is 5.04 Å². The molecule has 0 fully saturated rings. The number of nitrogens with one attached hydrogen (secondary N) is 1. The standard InChI is InChI=1S/C3H5BrN2S/c1-2-5-6-3(4)7-2/h3,6H,1H3. The summed E-state index contributed by atoms with van der Waals surface area (Å²) in [6.07, 6.45) is 0. The predicted octanol–water partition coefficient (Wildman–Crippen LogP) is 1.33. The van der Waals surface area contributed by atoms with Crippen LogP contribution in [0.5, 0.6) is 0 Å². The van der Waals surface area contributed by atoms with Crippen LogP contribution in [0.15, 0.2) is 5.10 Å². The molecule has 0 amide bonds. The van der Waals surface area contributed by atoms with Gasteiger partial charge in [-0.05, 0) is 6.92 Å². The van der Waals surface area contributed by atoms with Gasteiger partial charge in [0, 0.05) is 0 Å². The first-order valence-corrected chi connectivity index (χ1v) is 3.69. The number of hydrogen-bond donors (Lipinski definition) is 1. The minimum atomic E-state index is 0.299. The second kappa shape index (κ2) is 2.05. The Bertz CT molecular complexity index is 103. The molecule has 4 heteroatoms. The molecule has 0 bridgehead atoms. The van der Waals surface area contributed by atoms with Crippen molar-refractivity contribution in [2.75, 3.05) is 0 Å². The topological polar surface area (TPSA) is 24.4 Å². The molecule has 0 aliphatic carbocycles. The van der Waals surface area contributed by atoms with E-state index in [1.165, 1.54) is 0 Å². The van der Waals surface area contributed by atoms with E-state index < -0.39 is 0 Å². The SMILES string of the molecule is CC1=NNC(Br)S1. The summed E-state index contributed by atoms with van der Waals surface area (Å²) in [7, 11) is 0. The van der Waals surface area contributed by atoms with E-state index in [-0.39, 0.29) is 0 Å². The first-order valence-electron chi connectivity index (χ1n) is 1.89. The summed E-state index contributed by atoms with van der Waals surface area (Å²) in [5.74, 6) is 0. The van der Waals surface area contributed by atoms with Crippen LogP contribution in [0.3, 0.4) is 0 Å². The Morgan fingerprint density at radius 3 is 2.86 bits per heavy atom. The Balaban J connectivity index is 2.42. The van der Waals surface area contributed by atoms with Crippen LogP contribution in [0.1, 0.15) is 6.92 Å². The molecule has 0 aromatic rings. The summed E-state index contributed by atoms with van der Waals surface area (Å²) in [5, 5.41) is 4.98. The lowest BCUT2D eigenvalue weighted by Gasteiger charge is -1.92. The van der Waals surface area contributed by atoms with E-state index in [1.807, 2.05) is 6.92 Å². The zero-order chi connectivity index (χ0) is 5.28. The van der Waals surface area contributed by atoms with E-state index in [4.69, 9.17) is 0 Å². The van der Waals surface area contributed by atoms with E-state index in [9.17, 15) is 0 Å². The van der Waals surface area contributed by atoms with Gasteiger partial charge in [-0.15, -0.1) is 0 Å². The van der Waals surface area contributed by atoms with Crippen molar-refractivity contribution in [2.45, 2.75) is 11.2 Å². The third-order valence-electron chi connectivity index (χ3n) is 0.598. The van der Waals surface area contributed by atoms with Crippen molar-refractivity contribution in [1.82, 2.24) is 5.43 Å². The summed E-state index contributed by atoms with van der Waals surface area (Å²) in [6, 6.07) is 0. The van der Waals surface area contributed by atoms with Gasteiger partial charge >= 0.3 is 0 Å². The van der Waals surface area contributed by atoms with Gasteiger partial charge in [-0.3, -0.25) is 5.43 Å². The van der Waals surface area contributed by atoms with Gasteiger partial charge in [0.05, 0.1) is 5.04 Å². The molecule has 0 aromatic heterocycles. The van der Waals surface area contributed by atoms with Gasteiger partial charge in [0.2, 0.25) is 0 Å². The number of nitrogens with zero attached hydrogens (tertiary/aromatic N) is 1. The van der Waals surface area contributed by atoms with Crippen LogP contribution in [-0.4, -0.2) is 9.33 Å². The Hall–Kier alpha value is 0.300. The predicted molar refractivity (Wildman–Crippen MR) is 36.6 cm³/mol. The van der Waals surface area contributed by atoms with Gasteiger partial charge in [0.15, 0.2) is 0 Å². The molecule has 2 nitrogen and oxygen atoms in total. The maximum atomic E-state index is 3.90. The average molecular weight is 181 g/mol. The third kappa shape index (κ3) is 1.35. The Morgan fingerprint density at radius 1 is 2.00 bits per heavy atom. The first kappa shape index (κ1) is 5.44. The average Bonchev–Trinajstić information content (AvgIpc) is 1.87. The van der Waals surface area contributed by atoms with E-state index in [0.29, 0.717) is 4.28 Å². The molecule has 1 aliphatic rings. The van der Waals surface area contributed by atoms with E-state index in [2.05, 4.69) is 26.5 Å². The van der Waals surface area contributed by atoms with Crippen molar-refractivity contribution in [3.8, 4) is 0 Å². The molecule has 40 valence electrons. The highest BCUT2D eigenvalue weighted by Crippen LogP contribution is 2.20. The Kier molecular flexibility index (Phi) is 1.59. The molecule has 1 N–H and O–H groups in total. The zero-order valence-corrected chi connectivity index (χ0v) is 6.21. The van der Waals surface area contributed by atoms with E-state index >= 15 is 0 Å². The molecule has 7 heavy (non-hydrogen) atoms. The van der Waals surface area contributed by atoms with Crippen molar-refractivity contribution in [1.29, 1.82) is 0 Å². The fourth-order valence-corrected chi connectivity index (χ4v) is 1.77. The molecule has 1 unspecified atom stereocenters. The molecule has 0 spiro atoms. The van der Waals surface area contributed by atoms with Gasteiger partial charge < -0.3 is 0 Å². The molecule has 1 heterocycles. The minimum absolute atomic E-state index is 0.299. The number of hydrazone groups is 1. The number of rotatable bonds is 0. The quantitative estimate of drug-likeness (QED) is 0.450. The number of halogens is 1. The van der Waals surface area contributed by atoms with Crippen molar-refractivity contribution in [2.24, 2.45) is 5.10 Å². The summed E-state index contributed by atoms with van der Waals surface area (Å²) in [4.78, 5) is 0. The van der Waals surface area contributed by atoms with Crippen molar-refractivity contribution >= 4 is 32.7 Å². The molecule has 0 radical (unpaired) electrons. The lowest BCUT2D eigenvalue weighted by atomic mass is 10.9. The molecule has 0 saturated heterocycles. The van der Waals surface area contributed by atoms with Gasteiger partial charge in [0.25, 0.3) is 0 Å². The first-order chi connectivity index (χ1) is 3.29. The summed E-state index contributed by atoms with van der Waals surface area (Å²) < 4.78 is 0.299. The normalized spacial score (nSPS) is 29.4. The Labute approximate surface area is 54.9 Å². The van der Waals surface area contributed by atoms with Crippen molar-refractivity contribution in [3.05, 3.63) is 0 Å². The maximum absolute atomic E-state index is 3.90. The van der Waals surface area contributed by atoms with Crippen molar-refractivity contribution < 1.29 is 0 Å². The highest BCUT2D eigenvalue weighted by molar-refractivity contribution is 9.11. The van der Waals surface area contributed by atoms with Gasteiger partial charge in [-0.2, -0.15) is 5.10 Å². The fourth-order valence-electron chi connectivity index (χ4n) is 0.344. The van der Waals surface area contributed by atoms with E-state index in [1.54, 1.807) is 11.8 Å². The summed E-state index contributed by atoms with van der Waals surface area (Å²) in [5.41, 5.74) is 2.84. The highest BCUT2D eigenvalue weighted by Gasteiger charge is 2.09. The molecule has 1 aliphatic heterocycles. The molecular weight excluding hydrogens is 176 g/mol. The van der Waals surface area contributed by atoms with Gasteiger partial charge in [-0.1, -0.05) is 27.7 Å². The van der Waals surface area contributed by atoms with Crippen molar-refractivity contribution in [3.63, 3.8) is 0 Å². The largest absolute Gasteiger partial charge is 0.285 e. The second-order valence-electron chi connectivity index (χ2n) is 1.19. The lowest BCUT2D eigenvalue weighted by Crippen LogP contribution is -2.05. The lowest BCUT2D eigenvalue weighted by molar-refractivity contribution is 0.865. The number of thioether (sulfide) groups is 1. The van der Waals surface area contributed by atoms with Crippen LogP contribution in [-0.2, 0) is 0 Å². The number of alkyl halides is 1. The molecule has 0 aromatic carbocycles. The van der Waals surface area contributed by atoms with Crippen LogP contribution in [0.25, 0.3) is 0 Å². The van der Waals surface area contributed by atoms with Gasteiger partial charge in [-0.25, -0.2) is 0 Å². The zero-order valence-electron chi connectivity index (χ0n) is 3.81. The van der Waals surface area contributed by atoms with Crippen LogP contribution >= 0.6 is 27.7 Å². The van der Waals surface area contributed by atoms with Crippen LogP contribution in [0, 0.1) is 0 Å².